The first-order chi connectivity index (χ1) is 21.3. The van der Waals surface area contributed by atoms with Gasteiger partial charge in [-0.15, -0.1) is 0 Å². The number of nitrogens with one attached hydrogen (secondary N) is 1. The van der Waals surface area contributed by atoms with Gasteiger partial charge in [0.15, 0.2) is 17.4 Å². The smallest absolute Gasteiger partial charge is 0.459 e. The van der Waals surface area contributed by atoms with Crippen LogP contribution < -0.4 is 15.3 Å². The van der Waals surface area contributed by atoms with Crippen molar-refractivity contribution < 1.29 is 42.1 Å². The lowest BCUT2D eigenvalue weighted by molar-refractivity contribution is -0.226. The quantitative estimate of drug-likeness (QED) is 0.122. The predicted molar refractivity (Wildman–Crippen MR) is 159 cm³/mol. The van der Waals surface area contributed by atoms with Gasteiger partial charge in [0.1, 0.15) is 36.3 Å². The molecule has 0 aliphatic carbocycles. The highest BCUT2D eigenvalue weighted by atomic mass is 31.2. The van der Waals surface area contributed by atoms with Gasteiger partial charge in [-0.3, -0.25) is 9.32 Å². The molecule has 4 N–H and O–H groups in total. The molecule has 3 aromatic rings. The van der Waals surface area contributed by atoms with Gasteiger partial charge < -0.3 is 29.6 Å². The van der Waals surface area contributed by atoms with E-state index in [1.165, 1.54) is 13.8 Å². The first-order valence-electron chi connectivity index (χ1n) is 14.5. The Labute approximate surface area is 260 Å². The second-order valence-corrected chi connectivity index (χ2v) is 12.8. The van der Waals surface area contributed by atoms with Gasteiger partial charge in [0.25, 0.3) is 0 Å². The van der Waals surface area contributed by atoms with Crippen LogP contribution >= 0.6 is 7.75 Å². The van der Waals surface area contributed by atoms with E-state index < -0.39 is 56.3 Å². The van der Waals surface area contributed by atoms with E-state index >= 15 is 4.39 Å². The molecule has 1 aliphatic rings. The van der Waals surface area contributed by atoms with Gasteiger partial charge in [0.2, 0.25) is 5.60 Å². The molecule has 3 heterocycles. The number of aliphatic hydroxyl groups is 1. The molecule has 1 aliphatic heterocycles. The Morgan fingerprint density at radius 2 is 2.07 bits per heavy atom. The predicted octanol–water partition coefficient (Wildman–Crippen LogP) is 3.84. The fourth-order valence-corrected chi connectivity index (χ4v) is 6.19. The summed E-state index contributed by atoms with van der Waals surface area (Å²) < 4.78 is 58.7. The average molecular weight is 649 g/mol. The molecule has 0 bridgehead atoms. The van der Waals surface area contributed by atoms with Crippen molar-refractivity contribution in [3.8, 4) is 11.8 Å². The summed E-state index contributed by atoms with van der Waals surface area (Å²) in [5, 5.41) is 27.5. The number of benzene rings is 1. The fourth-order valence-electron chi connectivity index (χ4n) is 4.89. The van der Waals surface area contributed by atoms with Crippen molar-refractivity contribution in [3.63, 3.8) is 0 Å². The fraction of sp³-hybridized carbons (Fsp3) is 0.517. The summed E-state index contributed by atoms with van der Waals surface area (Å²) in [7, 11) is -4.24. The van der Waals surface area contributed by atoms with Crippen molar-refractivity contribution in [2.24, 2.45) is 5.92 Å². The Kier molecular flexibility index (Phi) is 10.8. The maximum absolute atomic E-state index is 15.0. The maximum Gasteiger partial charge on any atom is 0.459 e. The van der Waals surface area contributed by atoms with Crippen LogP contribution in [0.4, 0.5) is 10.2 Å². The highest BCUT2D eigenvalue weighted by Gasteiger charge is 2.55. The summed E-state index contributed by atoms with van der Waals surface area (Å²) in [6, 6.07) is 11.3. The number of anilines is 1. The molecule has 2 aromatic heterocycles. The van der Waals surface area contributed by atoms with Gasteiger partial charge in [0.05, 0.1) is 25.0 Å². The van der Waals surface area contributed by atoms with Crippen LogP contribution in [-0.2, 0) is 33.7 Å². The summed E-state index contributed by atoms with van der Waals surface area (Å²) >= 11 is 0. The molecule has 16 heteroatoms. The molecule has 1 saturated heterocycles. The normalized spacial score (nSPS) is 21.5. The van der Waals surface area contributed by atoms with E-state index in [2.05, 4.69) is 21.2 Å². The lowest BCUT2D eigenvalue weighted by Crippen LogP contribution is -2.43. The Balaban J connectivity index is 1.57. The summed E-state index contributed by atoms with van der Waals surface area (Å²) in [5.74, 6) is -2.94. The third-order valence-corrected chi connectivity index (χ3v) is 8.73. The minimum Gasteiger partial charge on any atom is -0.464 e. The topological polar surface area (TPSA) is 193 Å². The second-order valence-electron chi connectivity index (χ2n) is 11.1. The third-order valence-electron chi connectivity index (χ3n) is 7.25. The van der Waals surface area contributed by atoms with Crippen molar-refractivity contribution in [2.75, 3.05) is 25.5 Å². The van der Waals surface area contributed by atoms with Crippen LogP contribution in [0.2, 0.25) is 0 Å². The summed E-state index contributed by atoms with van der Waals surface area (Å²) in [6.45, 7) is 6.05. The molecule has 0 spiro atoms. The van der Waals surface area contributed by atoms with Crippen LogP contribution in [0, 0.1) is 23.1 Å². The Bertz CT molecular complexity index is 1560. The zero-order chi connectivity index (χ0) is 32.8. The van der Waals surface area contributed by atoms with Crippen LogP contribution in [0.3, 0.4) is 0 Å². The number of carbonyl (C=O) groups is 1. The number of halogens is 1. The molecule has 4 rings (SSSR count). The number of rotatable bonds is 15. The number of ether oxygens (including phenoxy) is 3. The number of hydrogen-bond acceptors (Lipinski definition) is 12. The van der Waals surface area contributed by atoms with Crippen molar-refractivity contribution in [1.82, 2.24) is 19.7 Å². The van der Waals surface area contributed by atoms with E-state index in [9.17, 15) is 19.7 Å². The molecule has 0 saturated carbocycles. The minimum atomic E-state index is -4.24. The molecule has 4 atom stereocenters. The molecular formula is C29H38FN6O8P. The molecule has 45 heavy (non-hydrogen) atoms. The summed E-state index contributed by atoms with van der Waals surface area (Å²) in [6.07, 6.45) is 0.553. The lowest BCUT2D eigenvalue weighted by Gasteiger charge is -2.31. The van der Waals surface area contributed by atoms with Crippen molar-refractivity contribution in [2.45, 2.75) is 70.6 Å². The van der Waals surface area contributed by atoms with Crippen LogP contribution in [0.25, 0.3) is 5.52 Å². The number of nitrogens with two attached hydrogens (primary N) is 1. The number of carbonyl (C=O) groups excluding carboxylic acids is 1. The SMILES string of the molecule is CCC(CC)COC(=O)CN[P@](=O)(OC[C@@H]1C[C@@H](OC(C)(C)O)[C@](C#N)(c2cc(F)c3c(N)ncnn23)O1)Oc1ccccc1. The first kappa shape index (κ1) is 34.2. The Hall–Kier alpha value is -3.64. The van der Waals surface area contributed by atoms with Crippen molar-refractivity contribution in [3.05, 3.63) is 54.2 Å². The largest absolute Gasteiger partial charge is 0.464 e. The molecule has 0 amide bonds. The molecule has 0 unspecified atom stereocenters. The molecule has 244 valence electrons. The van der Waals surface area contributed by atoms with E-state index in [0.29, 0.717) is 0 Å². The van der Waals surface area contributed by atoms with Crippen LogP contribution in [0.5, 0.6) is 5.75 Å². The van der Waals surface area contributed by atoms with E-state index in [-0.39, 0.29) is 41.7 Å². The van der Waals surface area contributed by atoms with E-state index in [4.69, 9.17) is 29.0 Å². The standard InChI is InChI=1S/C29H38FN6O8P/c1-5-19(6-2)15-40-25(37)14-35-45(39,44-20-10-8-7-9-11-20)41-16-21-12-24(43-28(3,4)38)29(17-31,42-21)23-13-22(30)26-27(32)33-18-34-36(23)26/h7-11,13,18-19,21,24,38H,5-6,12,14-16H2,1-4H3,(H,35,39)(H2,32,33,34)/t21-,24+,29-,45-/m0/s1. The number of esters is 1. The monoisotopic (exact) mass is 648 g/mol. The number of hydrogen-bond donors (Lipinski definition) is 3. The molecule has 14 nitrogen and oxygen atoms in total. The average Bonchev–Trinajstić information content (AvgIpc) is 3.53. The second kappa shape index (κ2) is 14.2. The summed E-state index contributed by atoms with van der Waals surface area (Å²) in [4.78, 5) is 16.3. The van der Waals surface area contributed by atoms with E-state index in [1.54, 1.807) is 30.3 Å². The number of aromatic nitrogens is 3. The van der Waals surface area contributed by atoms with Crippen LogP contribution in [0.15, 0.2) is 42.7 Å². The van der Waals surface area contributed by atoms with Crippen LogP contribution in [0.1, 0.15) is 52.7 Å². The number of nitrogen functional groups attached to an aromatic ring is 1. The van der Waals surface area contributed by atoms with Gasteiger partial charge in [-0.2, -0.15) is 10.4 Å². The first-order valence-corrected chi connectivity index (χ1v) is 16.0. The van der Waals surface area contributed by atoms with Gasteiger partial charge in [-0.05, 0) is 31.9 Å². The molecular weight excluding hydrogens is 610 g/mol. The van der Waals surface area contributed by atoms with Gasteiger partial charge >= 0.3 is 13.7 Å². The third kappa shape index (κ3) is 8.15. The maximum atomic E-state index is 15.0. The minimum absolute atomic E-state index is 0.0598. The highest BCUT2D eigenvalue weighted by Crippen LogP contribution is 2.48. The van der Waals surface area contributed by atoms with Gasteiger partial charge in [-0.25, -0.2) is 23.5 Å². The zero-order valence-corrected chi connectivity index (χ0v) is 26.4. The molecule has 0 radical (unpaired) electrons. The Morgan fingerprint density at radius 3 is 2.71 bits per heavy atom. The van der Waals surface area contributed by atoms with Crippen LogP contribution in [-0.4, -0.2) is 63.4 Å². The number of nitriles is 1. The molecule has 1 fully saturated rings. The van der Waals surface area contributed by atoms with E-state index in [1.807, 2.05) is 13.8 Å². The number of fused-ring (bicyclic) bond motifs is 1. The van der Waals surface area contributed by atoms with Crippen molar-refractivity contribution >= 4 is 25.1 Å². The summed E-state index contributed by atoms with van der Waals surface area (Å²) in [5.41, 5.74) is 3.61. The number of nitrogens with zero attached hydrogens (tertiary/aromatic N) is 4. The highest BCUT2D eigenvalue weighted by molar-refractivity contribution is 7.52. The molecule has 1 aromatic carbocycles. The zero-order valence-electron chi connectivity index (χ0n) is 25.5. The number of para-hydroxylation sites is 1. The Morgan fingerprint density at radius 1 is 1.36 bits per heavy atom. The van der Waals surface area contributed by atoms with Crippen molar-refractivity contribution in [1.29, 1.82) is 5.26 Å². The van der Waals surface area contributed by atoms with E-state index in [0.717, 1.165) is 29.8 Å². The van der Waals surface area contributed by atoms with Gasteiger partial charge in [0, 0.05) is 12.5 Å². The lowest BCUT2D eigenvalue weighted by atomic mass is 9.93. The van der Waals surface area contributed by atoms with Gasteiger partial charge in [-0.1, -0.05) is 44.9 Å².